The number of carbonyl (C=O) groups excluding carboxylic acids is 1. The molecule has 0 radical (unpaired) electrons. The number of aromatic nitrogens is 3. The van der Waals surface area contributed by atoms with Gasteiger partial charge in [-0.1, -0.05) is 60.3 Å². The number of allylic oxidation sites excluding steroid dienone is 1. The molecule has 1 N–H and O–H groups in total. The van der Waals surface area contributed by atoms with Gasteiger partial charge in [-0.3, -0.25) is 9.47 Å². The van der Waals surface area contributed by atoms with Crippen molar-refractivity contribution in [3.63, 3.8) is 0 Å². The Labute approximate surface area is 260 Å². The van der Waals surface area contributed by atoms with Crippen LogP contribution in [-0.2, 0) is 9.61 Å². The van der Waals surface area contributed by atoms with E-state index in [9.17, 15) is 10.1 Å². The largest absolute Gasteiger partial charge is 0.497 e. The Kier molecular flexibility index (Phi) is 8.13. The first-order valence-corrected chi connectivity index (χ1v) is 14.6. The second-order valence-electron chi connectivity index (χ2n) is 10.00. The van der Waals surface area contributed by atoms with Crippen molar-refractivity contribution >= 4 is 35.0 Å². The van der Waals surface area contributed by atoms with Crippen molar-refractivity contribution in [1.82, 2.24) is 20.1 Å². The molecule has 2 fully saturated rings. The molecule has 0 spiro atoms. The number of carbonyl (C=O) groups is 1. The van der Waals surface area contributed by atoms with E-state index in [0.717, 1.165) is 4.90 Å². The van der Waals surface area contributed by atoms with Crippen molar-refractivity contribution in [2.24, 2.45) is 0 Å². The van der Waals surface area contributed by atoms with Gasteiger partial charge in [0.2, 0.25) is 10.8 Å². The predicted molar refractivity (Wildman–Crippen MR) is 163 cm³/mol. The number of nitrogens with zero attached hydrogens (tertiary/aromatic N) is 6. The third-order valence-corrected chi connectivity index (χ3v) is 8.81. The first-order valence-electron chi connectivity index (χ1n) is 13.8. The summed E-state index contributed by atoms with van der Waals surface area (Å²) in [4.78, 5) is 13.9. The number of rotatable bonds is 6. The van der Waals surface area contributed by atoms with Crippen LogP contribution in [0.4, 0.5) is 29.6 Å². The molecule has 230 valence electrons. The van der Waals surface area contributed by atoms with Crippen molar-refractivity contribution < 1.29 is 27.4 Å². The lowest BCUT2D eigenvalue weighted by molar-refractivity contribution is -0.167. The van der Waals surface area contributed by atoms with Crippen LogP contribution in [0.3, 0.4) is 0 Å². The summed E-state index contributed by atoms with van der Waals surface area (Å²) in [5.41, 5.74) is 0.322. The van der Waals surface area contributed by atoms with Crippen molar-refractivity contribution in [3.8, 4) is 17.5 Å². The lowest BCUT2D eigenvalue weighted by atomic mass is 10.1. The van der Waals surface area contributed by atoms with Crippen LogP contribution in [0.1, 0.15) is 11.4 Å². The van der Waals surface area contributed by atoms with Gasteiger partial charge in [0, 0.05) is 13.1 Å². The summed E-state index contributed by atoms with van der Waals surface area (Å²) >= 11 is 0.306. The molecule has 6 rings (SSSR count). The highest BCUT2D eigenvalue weighted by atomic mass is 32.2. The average molecular weight is 634 g/mol. The fraction of sp³-hybridized carbons (Fsp3) is 0.226. The highest BCUT2D eigenvalue weighted by molar-refractivity contribution is 8.04. The lowest BCUT2D eigenvalue weighted by Crippen LogP contribution is -2.61. The number of hydrogen-bond donors (Lipinski definition) is 1. The van der Waals surface area contributed by atoms with Crippen LogP contribution in [0, 0.1) is 11.3 Å². The van der Waals surface area contributed by atoms with Gasteiger partial charge < -0.3 is 19.7 Å². The van der Waals surface area contributed by atoms with Gasteiger partial charge in [-0.05, 0) is 42.0 Å². The fourth-order valence-electron chi connectivity index (χ4n) is 5.15. The normalized spacial score (nSPS) is 19.9. The quantitative estimate of drug-likeness (QED) is 0.270. The van der Waals surface area contributed by atoms with Crippen molar-refractivity contribution in [2.45, 2.75) is 11.0 Å². The summed E-state index contributed by atoms with van der Waals surface area (Å²) in [5, 5.41) is 21.4. The summed E-state index contributed by atoms with van der Waals surface area (Å²) in [6, 6.07) is 23.4. The van der Waals surface area contributed by atoms with Gasteiger partial charge in [-0.15, -0.1) is 10.2 Å². The number of alkyl halides is 3. The van der Waals surface area contributed by atoms with E-state index in [1.807, 2.05) is 11.0 Å². The van der Waals surface area contributed by atoms with Crippen LogP contribution in [0.15, 0.2) is 90.0 Å². The minimum atomic E-state index is -5.00. The van der Waals surface area contributed by atoms with E-state index in [1.54, 1.807) is 59.2 Å². The number of morpholine rings is 1. The molecule has 0 aliphatic carbocycles. The standard InChI is InChI=1S/C31H26F3N7O3S/c1-43-24-14-12-21(13-15-24)30(31(32,33)34)36-29(42)41(23-10-6-3-7-11-23)27(45-30)25(20-35)26-37-38-28(39-16-18-44-19-17-39)40(26)22-8-4-2-5-9-22/h2-15H,16-19H2,1H3,(H,36,42)/b27-25+. The Balaban J connectivity index is 1.62. The van der Waals surface area contributed by atoms with E-state index in [4.69, 9.17) is 9.47 Å². The molecule has 3 heterocycles. The summed E-state index contributed by atoms with van der Waals surface area (Å²) in [6.07, 6.45) is -5.00. The maximum Gasteiger partial charge on any atom is 0.425 e. The molecule has 0 saturated carbocycles. The highest BCUT2D eigenvalue weighted by Crippen LogP contribution is 2.55. The molecule has 45 heavy (non-hydrogen) atoms. The minimum absolute atomic E-state index is 0.0193. The van der Waals surface area contributed by atoms with E-state index in [-0.39, 0.29) is 27.7 Å². The summed E-state index contributed by atoms with van der Waals surface area (Å²) in [5.74, 6) is 0.713. The van der Waals surface area contributed by atoms with E-state index in [2.05, 4.69) is 21.6 Å². The average Bonchev–Trinajstić information content (AvgIpc) is 3.50. The number of para-hydroxylation sites is 2. The molecule has 2 saturated heterocycles. The molecule has 10 nitrogen and oxygen atoms in total. The second kappa shape index (κ2) is 12.2. The maximum atomic E-state index is 15.3. The molecule has 3 aromatic carbocycles. The topological polar surface area (TPSA) is 109 Å². The SMILES string of the molecule is COc1ccc(C2(C(F)(F)F)NC(=O)N(c3ccccc3)/C(=C(/C#N)c3nnc(N4CCOCC4)n3-c3ccccc3)S2)cc1. The number of nitriles is 1. The molecule has 14 heteroatoms. The van der Waals surface area contributed by atoms with Gasteiger partial charge in [0.15, 0.2) is 5.82 Å². The molecule has 2 amide bonds. The first kappa shape index (κ1) is 30.0. The fourth-order valence-corrected chi connectivity index (χ4v) is 6.47. The van der Waals surface area contributed by atoms with E-state index in [0.29, 0.717) is 55.5 Å². The highest BCUT2D eigenvalue weighted by Gasteiger charge is 2.62. The van der Waals surface area contributed by atoms with Gasteiger partial charge >= 0.3 is 12.2 Å². The summed E-state index contributed by atoms with van der Waals surface area (Å²) < 4.78 is 58.0. The molecule has 1 aromatic heterocycles. The van der Waals surface area contributed by atoms with Gasteiger partial charge in [0.05, 0.1) is 31.7 Å². The molecule has 1 atom stereocenters. The van der Waals surface area contributed by atoms with E-state index >= 15 is 13.2 Å². The van der Waals surface area contributed by atoms with E-state index < -0.39 is 17.1 Å². The zero-order chi connectivity index (χ0) is 31.6. The number of halogens is 3. The maximum absolute atomic E-state index is 15.3. The molecular formula is C31H26F3N7O3S. The smallest absolute Gasteiger partial charge is 0.425 e. The monoisotopic (exact) mass is 633 g/mol. The predicted octanol–water partition coefficient (Wildman–Crippen LogP) is 5.68. The number of thioether (sulfide) groups is 1. The summed E-state index contributed by atoms with van der Waals surface area (Å²) in [7, 11) is 1.40. The second-order valence-corrected chi connectivity index (χ2v) is 11.2. The Hall–Kier alpha value is -5.00. The zero-order valence-electron chi connectivity index (χ0n) is 23.9. The van der Waals surface area contributed by atoms with Crippen LogP contribution >= 0.6 is 11.8 Å². The van der Waals surface area contributed by atoms with Gasteiger partial charge in [0.1, 0.15) is 22.4 Å². The molecule has 1 unspecified atom stereocenters. The van der Waals surface area contributed by atoms with Crippen molar-refractivity contribution in [3.05, 3.63) is 101 Å². The Morgan fingerprint density at radius 2 is 1.60 bits per heavy atom. The van der Waals surface area contributed by atoms with Crippen molar-refractivity contribution in [2.75, 3.05) is 43.2 Å². The Morgan fingerprint density at radius 3 is 2.18 bits per heavy atom. The lowest BCUT2D eigenvalue weighted by Gasteiger charge is -2.44. The van der Waals surface area contributed by atoms with Crippen LogP contribution in [-0.4, -0.2) is 60.4 Å². The molecule has 4 aromatic rings. The third kappa shape index (κ3) is 5.45. The van der Waals surface area contributed by atoms with Gasteiger partial charge in [-0.25, -0.2) is 4.79 Å². The van der Waals surface area contributed by atoms with Crippen LogP contribution < -0.4 is 19.9 Å². The van der Waals surface area contributed by atoms with Crippen LogP contribution in [0.2, 0.25) is 0 Å². The number of hydrogen-bond acceptors (Lipinski definition) is 8. The van der Waals surface area contributed by atoms with Gasteiger partial charge in [0.25, 0.3) is 0 Å². The number of urea groups is 1. The molecule has 2 aliphatic rings. The first-order chi connectivity index (χ1) is 21.8. The number of amides is 2. The summed E-state index contributed by atoms with van der Waals surface area (Å²) in [6.45, 7) is 1.87. The zero-order valence-corrected chi connectivity index (χ0v) is 24.7. The number of methoxy groups -OCH3 is 1. The molecule has 0 bridgehead atoms. The number of nitrogens with one attached hydrogen (secondary N) is 1. The van der Waals surface area contributed by atoms with Crippen LogP contribution in [0.5, 0.6) is 5.75 Å². The number of ether oxygens (including phenoxy) is 2. The van der Waals surface area contributed by atoms with Crippen molar-refractivity contribution in [1.29, 1.82) is 5.26 Å². The third-order valence-electron chi connectivity index (χ3n) is 7.35. The van der Waals surface area contributed by atoms with Gasteiger partial charge in [-0.2, -0.15) is 18.4 Å². The molecule has 2 aliphatic heterocycles. The van der Waals surface area contributed by atoms with E-state index in [1.165, 1.54) is 31.4 Å². The number of anilines is 2. The Morgan fingerprint density at radius 1 is 0.978 bits per heavy atom. The van der Waals surface area contributed by atoms with Crippen LogP contribution in [0.25, 0.3) is 11.3 Å². The Bertz CT molecular complexity index is 1750. The number of benzene rings is 3. The molecular weight excluding hydrogens is 607 g/mol. The minimum Gasteiger partial charge on any atom is -0.497 e.